The predicted octanol–water partition coefficient (Wildman–Crippen LogP) is 3.93. The zero-order chi connectivity index (χ0) is 12.1. The number of ether oxygens (including phenoxy) is 1. The van der Waals surface area contributed by atoms with Gasteiger partial charge in [-0.1, -0.05) is 34.1 Å². The van der Waals surface area contributed by atoms with Crippen molar-refractivity contribution in [2.75, 3.05) is 0 Å². The molecule has 0 amide bonds. The number of hydrogen-bond donors (Lipinski definition) is 0. The summed E-state index contributed by atoms with van der Waals surface area (Å²) in [7, 11) is 0. The molecule has 0 aromatic carbocycles. The van der Waals surface area contributed by atoms with Crippen LogP contribution in [0.15, 0.2) is 0 Å². The van der Waals surface area contributed by atoms with Crippen molar-refractivity contribution in [3.05, 3.63) is 0 Å². The SMILES string of the molecule is CCC(C)(C)CCC(=O)OC(C)(C)CC. The Balaban J connectivity index is 3.96. The van der Waals surface area contributed by atoms with Gasteiger partial charge in [0.1, 0.15) is 5.60 Å². The first-order valence-corrected chi connectivity index (χ1v) is 5.94. The van der Waals surface area contributed by atoms with Gasteiger partial charge in [0.25, 0.3) is 0 Å². The topological polar surface area (TPSA) is 26.3 Å². The van der Waals surface area contributed by atoms with Gasteiger partial charge in [-0.2, -0.15) is 0 Å². The first-order chi connectivity index (χ1) is 6.72. The van der Waals surface area contributed by atoms with Gasteiger partial charge in [-0.25, -0.2) is 0 Å². The maximum Gasteiger partial charge on any atom is 0.306 e. The number of carbonyl (C=O) groups is 1. The largest absolute Gasteiger partial charge is 0.460 e. The van der Waals surface area contributed by atoms with Crippen LogP contribution in [-0.4, -0.2) is 11.6 Å². The molecule has 2 heteroatoms. The third-order valence-corrected chi connectivity index (χ3v) is 3.20. The lowest BCUT2D eigenvalue weighted by atomic mass is 9.85. The van der Waals surface area contributed by atoms with Crippen LogP contribution >= 0.6 is 0 Å². The molecule has 0 saturated heterocycles. The van der Waals surface area contributed by atoms with Crippen molar-refractivity contribution in [1.29, 1.82) is 0 Å². The minimum absolute atomic E-state index is 0.0663. The molecule has 0 bridgehead atoms. The van der Waals surface area contributed by atoms with Crippen molar-refractivity contribution in [3.8, 4) is 0 Å². The van der Waals surface area contributed by atoms with Crippen LogP contribution in [0.5, 0.6) is 0 Å². The van der Waals surface area contributed by atoms with Crippen molar-refractivity contribution < 1.29 is 9.53 Å². The van der Waals surface area contributed by atoms with E-state index in [1.165, 1.54) is 0 Å². The molecule has 15 heavy (non-hydrogen) atoms. The molecule has 90 valence electrons. The van der Waals surface area contributed by atoms with Gasteiger partial charge in [0, 0.05) is 6.42 Å². The van der Waals surface area contributed by atoms with E-state index in [9.17, 15) is 4.79 Å². The number of carbonyl (C=O) groups excluding carboxylic acids is 1. The first-order valence-electron chi connectivity index (χ1n) is 5.94. The fourth-order valence-electron chi connectivity index (χ4n) is 1.05. The van der Waals surface area contributed by atoms with Crippen molar-refractivity contribution in [1.82, 2.24) is 0 Å². The van der Waals surface area contributed by atoms with Gasteiger partial charge in [-0.15, -0.1) is 0 Å². The molecule has 0 aliphatic rings. The summed E-state index contributed by atoms with van der Waals surface area (Å²) in [6.45, 7) is 12.5. The van der Waals surface area contributed by atoms with E-state index in [0.29, 0.717) is 6.42 Å². The fourth-order valence-corrected chi connectivity index (χ4v) is 1.05. The summed E-state index contributed by atoms with van der Waals surface area (Å²) in [4.78, 5) is 11.6. The highest BCUT2D eigenvalue weighted by Crippen LogP contribution is 2.26. The van der Waals surface area contributed by atoms with Gasteiger partial charge in [0.2, 0.25) is 0 Å². The average Bonchev–Trinajstić information content (AvgIpc) is 2.15. The Bertz CT molecular complexity index is 205. The second kappa shape index (κ2) is 5.53. The van der Waals surface area contributed by atoms with E-state index in [0.717, 1.165) is 19.3 Å². The molecule has 0 aromatic heterocycles. The highest BCUT2D eigenvalue weighted by Gasteiger charge is 2.22. The van der Waals surface area contributed by atoms with Crippen LogP contribution in [0.1, 0.15) is 67.2 Å². The Labute approximate surface area is 94.4 Å². The third kappa shape index (κ3) is 6.53. The van der Waals surface area contributed by atoms with Crippen molar-refractivity contribution >= 4 is 5.97 Å². The Morgan fingerprint density at radius 2 is 1.60 bits per heavy atom. The van der Waals surface area contributed by atoms with E-state index in [-0.39, 0.29) is 17.0 Å². The van der Waals surface area contributed by atoms with Crippen molar-refractivity contribution in [2.24, 2.45) is 5.41 Å². The van der Waals surface area contributed by atoms with Gasteiger partial charge in [0.15, 0.2) is 0 Å². The molecule has 0 aliphatic carbocycles. The van der Waals surface area contributed by atoms with E-state index in [2.05, 4.69) is 20.8 Å². The summed E-state index contributed by atoms with van der Waals surface area (Å²) in [5, 5.41) is 0. The van der Waals surface area contributed by atoms with E-state index in [4.69, 9.17) is 4.74 Å². The molecule has 0 heterocycles. The van der Waals surface area contributed by atoms with Gasteiger partial charge in [-0.05, 0) is 32.1 Å². The normalized spacial score (nSPS) is 12.7. The van der Waals surface area contributed by atoms with Gasteiger partial charge in [-0.3, -0.25) is 4.79 Å². The monoisotopic (exact) mass is 214 g/mol. The highest BCUT2D eigenvalue weighted by atomic mass is 16.6. The standard InChI is InChI=1S/C13H26O2/c1-7-12(3,4)10-9-11(14)15-13(5,6)8-2/h7-10H2,1-6H3. The smallest absolute Gasteiger partial charge is 0.306 e. The molecule has 2 nitrogen and oxygen atoms in total. The first kappa shape index (κ1) is 14.5. The van der Waals surface area contributed by atoms with E-state index in [1.54, 1.807) is 0 Å². The van der Waals surface area contributed by atoms with Crippen LogP contribution in [0.2, 0.25) is 0 Å². The molecular weight excluding hydrogens is 188 g/mol. The maximum absolute atomic E-state index is 11.6. The molecule has 0 fully saturated rings. The van der Waals surface area contributed by atoms with E-state index >= 15 is 0 Å². The fraction of sp³-hybridized carbons (Fsp3) is 0.923. The Morgan fingerprint density at radius 1 is 1.07 bits per heavy atom. The molecular formula is C13H26O2. The summed E-state index contributed by atoms with van der Waals surface area (Å²) in [5.74, 6) is -0.0663. The summed E-state index contributed by atoms with van der Waals surface area (Å²) in [5.41, 5.74) is -0.0666. The van der Waals surface area contributed by atoms with Gasteiger partial charge < -0.3 is 4.74 Å². The molecule has 0 N–H and O–H groups in total. The second-order valence-corrected chi connectivity index (χ2v) is 5.61. The van der Waals surface area contributed by atoms with Crippen LogP contribution in [0, 0.1) is 5.41 Å². The van der Waals surface area contributed by atoms with E-state index in [1.807, 2.05) is 20.8 Å². The summed E-state index contributed by atoms with van der Waals surface area (Å²) < 4.78 is 5.39. The van der Waals surface area contributed by atoms with Gasteiger partial charge in [0.05, 0.1) is 0 Å². The lowest BCUT2D eigenvalue weighted by molar-refractivity contribution is -0.157. The second-order valence-electron chi connectivity index (χ2n) is 5.61. The summed E-state index contributed by atoms with van der Waals surface area (Å²) in [6.07, 6.45) is 3.39. The average molecular weight is 214 g/mol. The summed E-state index contributed by atoms with van der Waals surface area (Å²) in [6, 6.07) is 0. The number of hydrogen-bond acceptors (Lipinski definition) is 2. The van der Waals surface area contributed by atoms with Crippen LogP contribution in [-0.2, 0) is 9.53 Å². The predicted molar refractivity (Wildman–Crippen MR) is 63.8 cm³/mol. The molecule has 0 aromatic rings. The molecule has 0 spiro atoms. The minimum atomic E-state index is -0.312. The van der Waals surface area contributed by atoms with Gasteiger partial charge >= 0.3 is 5.97 Å². The van der Waals surface area contributed by atoms with Crippen molar-refractivity contribution in [3.63, 3.8) is 0 Å². The lowest BCUT2D eigenvalue weighted by Gasteiger charge is -2.26. The minimum Gasteiger partial charge on any atom is -0.460 e. The highest BCUT2D eigenvalue weighted by molar-refractivity contribution is 5.69. The van der Waals surface area contributed by atoms with Crippen LogP contribution in [0.3, 0.4) is 0 Å². The molecule has 0 aliphatic heterocycles. The van der Waals surface area contributed by atoms with Crippen LogP contribution < -0.4 is 0 Å². The van der Waals surface area contributed by atoms with Crippen molar-refractivity contribution in [2.45, 2.75) is 72.8 Å². The third-order valence-electron chi connectivity index (χ3n) is 3.20. The molecule has 0 atom stereocenters. The number of rotatable bonds is 6. The Morgan fingerprint density at radius 3 is 2.00 bits per heavy atom. The lowest BCUT2D eigenvalue weighted by Crippen LogP contribution is -2.27. The number of esters is 1. The summed E-state index contributed by atoms with van der Waals surface area (Å²) >= 11 is 0. The molecule has 0 radical (unpaired) electrons. The zero-order valence-electron chi connectivity index (χ0n) is 11.1. The molecule has 0 rings (SSSR count). The molecule has 0 unspecified atom stereocenters. The maximum atomic E-state index is 11.6. The Hall–Kier alpha value is -0.530. The van der Waals surface area contributed by atoms with Crippen LogP contribution in [0.25, 0.3) is 0 Å². The quantitative estimate of drug-likeness (QED) is 0.626. The molecule has 0 saturated carbocycles. The van der Waals surface area contributed by atoms with Crippen LogP contribution in [0.4, 0.5) is 0 Å². The Kier molecular flexibility index (Phi) is 5.33. The van der Waals surface area contributed by atoms with E-state index < -0.39 is 0 Å². The zero-order valence-corrected chi connectivity index (χ0v) is 11.1.